The van der Waals surface area contributed by atoms with E-state index in [1.165, 1.54) is 24.4 Å². The van der Waals surface area contributed by atoms with E-state index in [0.29, 0.717) is 0 Å². The van der Waals surface area contributed by atoms with Crippen molar-refractivity contribution in [3.8, 4) is 16.8 Å². The molecule has 0 radical (unpaired) electrons. The van der Waals surface area contributed by atoms with Crippen molar-refractivity contribution in [2.75, 3.05) is 5.43 Å². The fourth-order valence-electron chi connectivity index (χ4n) is 3.94. The van der Waals surface area contributed by atoms with Crippen LogP contribution < -0.4 is 5.43 Å². The van der Waals surface area contributed by atoms with Crippen molar-refractivity contribution < 1.29 is 14.8 Å². The Hall–Kier alpha value is -5.39. The predicted octanol–water partition coefficient (Wildman–Crippen LogP) is 5.93. The molecule has 0 amide bonds. The van der Waals surface area contributed by atoms with E-state index in [4.69, 9.17) is 0 Å². The molecule has 0 saturated carbocycles. The highest BCUT2D eigenvalue weighted by atomic mass is 16.6. The number of hydrogen-bond donors (Lipinski definition) is 1. The number of nitrogens with zero attached hydrogens (tertiary/aromatic N) is 5. The Morgan fingerprint density at radius 1 is 0.757 bits per heavy atom. The van der Waals surface area contributed by atoms with Crippen LogP contribution in [-0.2, 0) is 0 Å². The Balaban J connectivity index is 1.55. The molecular formula is C25H20N6O6. The molecule has 0 atom stereocenters. The van der Waals surface area contributed by atoms with Crippen molar-refractivity contribution in [1.82, 2.24) is 4.57 Å². The van der Waals surface area contributed by atoms with E-state index in [0.717, 1.165) is 45.9 Å². The Labute approximate surface area is 209 Å². The van der Waals surface area contributed by atoms with Crippen LogP contribution in [-0.4, -0.2) is 25.6 Å². The summed E-state index contributed by atoms with van der Waals surface area (Å²) < 4.78 is 2.02. The van der Waals surface area contributed by atoms with Crippen LogP contribution in [0.25, 0.3) is 16.8 Å². The maximum atomic E-state index is 11.3. The number of aromatic nitrogens is 1. The summed E-state index contributed by atoms with van der Waals surface area (Å²) in [4.78, 5) is 31.2. The van der Waals surface area contributed by atoms with Gasteiger partial charge in [0, 0.05) is 40.8 Å². The zero-order valence-corrected chi connectivity index (χ0v) is 19.7. The first-order chi connectivity index (χ1) is 17.7. The first-order valence-electron chi connectivity index (χ1n) is 10.9. The summed E-state index contributed by atoms with van der Waals surface area (Å²) in [6, 6.07) is 19.3. The highest BCUT2D eigenvalue weighted by molar-refractivity contribution is 5.83. The van der Waals surface area contributed by atoms with E-state index >= 15 is 0 Å². The lowest BCUT2D eigenvalue weighted by Gasteiger charge is -2.11. The molecule has 0 aliphatic carbocycles. The number of nitro groups is 3. The van der Waals surface area contributed by atoms with E-state index in [1.807, 2.05) is 48.7 Å². The van der Waals surface area contributed by atoms with Crippen molar-refractivity contribution in [3.63, 3.8) is 0 Å². The van der Waals surface area contributed by atoms with Crippen molar-refractivity contribution in [1.29, 1.82) is 0 Å². The fraction of sp³-hybridized carbons (Fsp3) is 0.0800. The van der Waals surface area contributed by atoms with E-state index in [2.05, 4.69) is 10.5 Å². The number of aryl methyl sites for hydroxylation is 1. The fourth-order valence-corrected chi connectivity index (χ4v) is 3.94. The Kier molecular flexibility index (Phi) is 6.73. The van der Waals surface area contributed by atoms with Gasteiger partial charge in [-0.25, -0.2) is 0 Å². The summed E-state index contributed by atoms with van der Waals surface area (Å²) in [6.45, 7) is 3.84. The van der Waals surface area contributed by atoms with Gasteiger partial charge in [-0.1, -0.05) is 12.1 Å². The van der Waals surface area contributed by atoms with Crippen molar-refractivity contribution >= 4 is 29.0 Å². The van der Waals surface area contributed by atoms with E-state index in [1.54, 1.807) is 12.1 Å². The molecule has 12 nitrogen and oxygen atoms in total. The van der Waals surface area contributed by atoms with Gasteiger partial charge in [0.1, 0.15) is 5.69 Å². The van der Waals surface area contributed by atoms with Crippen molar-refractivity contribution in [2.45, 2.75) is 13.8 Å². The van der Waals surface area contributed by atoms with Crippen LogP contribution in [0.15, 0.2) is 77.9 Å². The van der Waals surface area contributed by atoms with Crippen LogP contribution in [0.4, 0.5) is 22.7 Å². The van der Waals surface area contributed by atoms with Crippen LogP contribution >= 0.6 is 0 Å². The molecule has 0 saturated heterocycles. The summed E-state index contributed by atoms with van der Waals surface area (Å²) >= 11 is 0. The number of nitro benzene ring substituents is 3. The van der Waals surface area contributed by atoms with Gasteiger partial charge in [-0.3, -0.25) is 35.8 Å². The quantitative estimate of drug-likeness (QED) is 0.178. The van der Waals surface area contributed by atoms with Gasteiger partial charge >= 0.3 is 5.69 Å². The zero-order valence-electron chi connectivity index (χ0n) is 19.7. The lowest BCUT2D eigenvalue weighted by Crippen LogP contribution is -2.00. The van der Waals surface area contributed by atoms with Gasteiger partial charge in [0.05, 0.1) is 27.1 Å². The molecule has 0 bridgehead atoms. The van der Waals surface area contributed by atoms with Gasteiger partial charge < -0.3 is 4.57 Å². The molecule has 186 valence electrons. The second-order valence-corrected chi connectivity index (χ2v) is 8.10. The van der Waals surface area contributed by atoms with Crippen molar-refractivity contribution in [3.05, 3.63) is 120 Å². The molecule has 0 spiro atoms. The number of rotatable bonds is 8. The second-order valence-electron chi connectivity index (χ2n) is 8.10. The average Bonchev–Trinajstić information content (AvgIpc) is 3.16. The molecule has 1 N–H and O–H groups in total. The van der Waals surface area contributed by atoms with Gasteiger partial charge in [0.25, 0.3) is 11.4 Å². The standard InChI is InChI=1S/C25H20N6O6/c1-16-13-20(15-26-27-24-12-11-23(30(34)35)14-25(24)31(36)37)17(2)28(16)21-7-3-18(4-8-21)19-5-9-22(10-6-19)29(32)33/h3-15,27H,1-2H3/b26-15+. The Morgan fingerprint density at radius 2 is 1.32 bits per heavy atom. The molecule has 3 aromatic carbocycles. The summed E-state index contributed by atoms with van der Waals surface area (Å²) in [7, 11) is 0. The normalized spacial score (nSPS) is 11.0. The number of nitrogens with one attached hydrogen (secondary N) is 1. The van der Waals surface area contributed by atoms with Gasteiger partial charge in [-0.05, 0) is 61.4 Å². The molecule has 1 aromatic heterocycles. The molecule has 4 aromatic rings. The third-order valence-electron chi connectivity index (χ3n) is 5.78. The smallest absolute Gasteiger partial charge is 0.301 e. The van der Waals surface area contributed by atoms with Crippen LogP contribution in [0.1, 0.15) is 17.0 Å². The average molecular weight is 500 g/mol. The SMILES string of the molecule is Cc1cc(/C=N/Nc2ccc([N+](=O)[O-])cc2[N+](=O)[O-])c(C)n1-c1ccc(-c2ccc([N+](=O)[O-])cc2)cc1. The van der Waals surface area contributed by atoms with Crippen LogP contribution in [0, 0.1) is 44.2 Å². The van der Waals surface area contributed by atoms with E-state index < -0.39 is 20.5 Å². The zero-order chi connectivity index (χ0) is 26.7. The Morgan fingerprint density at radius 3 is 1.89 bits per heavy atom. The number of non-ortho nitro benzene ring substituents is 2. The summed E-state index contributed by atoms with van der Waals surface area (Å²) in [5.74, 6) is 0. The minimum Gasteiger partial charge on any atom is -0.318 e. The first-order valence-corrected chi connectivity index (χ1v) is 10.9. The molecule has 0 aliphatic heterocycles. The van der Waals surface area contributed by atoms with Crippen LogP contribution in [0.5, 0.6) is 0 Å². The molecule has 0 unspecified atom stereocenters. The summed E-state index contributed by atoms with van der Waals surface area (Å²) in [5.41, 5.74) is 7.08. The number of anilines is 1. The highest BCUT2D eigenvalue weighted by Crippen LogP contribution is 2.29. The molecule has 12 heteroatoms. The third kappa shape index (κ3) is 5.17. The minimum absolute atomic E-state index is 0.0301. The minimum atomic E-state index is -0.711. The largest absolute Gasteiger partial charge is 0.318 e. The predicted molar refractivity (Wildman–Crippen MR) is 138 cm³/mol. The van der Waals surface area contributed by atoms with Gasteiger partial charge in [0.15, 0.2) is 0 Å². The van der Waals surface area contributed by atoms with Gasteiger partial charge in [-0.15, -0.1) is 0 Å². The third-order valence-corrected chi connectivity index (χ3v) is 5.78. The van der Waals surface area contributed by atoms with Crippen LogP contribution in [0.3, 0.4) is 0 Å². The molecule has 1 heterocycles. The topological polar surface area (TPSA) is 159 Å². The van der Waals surface area contributed by atoms with E-state index in [-0.39, 0.29) is 17.1 Å². The first kappa shape index (κ1) is 24.7. The number of hydrazone groups is 1. The van der Waals surface area contributed by atoms with Crippen molar-refractivity contribution in [2.24, 2.45) is 5.10 Å². The van der Waals surface area contributed by atoms with Gasteiger partial charge in [0.2, 0.25) is 0 Å². The number of hydrogen-bond acceptors (Lipinski definition) is 8. The molecule has 0 fully saturated rings. The molecule has 4 rings (SSSR count). The maximum Gasteiger partial charge on any atom is 0.301 e. The van der Waals surface area contributed by atoms with Gasteiger partial charge in [-0.2, -0.15) is 5.10 Å². The van der Waals surface area contributed by atoms with E-state index in [9.17, 15) is 30.3 Å². The molecular weight excluding hydrogens is 480 g/mol. The highest BCUT2D eigenvalue weighted by Gasteiger charge is 2.19. The maximum absolute atomic E-state index is 11.3. The second kappa shape index (κ2) is 10.1. The lowest BCUT2D eigenvalue weighted by atomic mass is 10.0. The molecule has 0 aliphatic rings. The summed E-state index contributed by atoms with van der Waals surface area (Å²) in [5, 5.41) is 37.2. The Bertz CT molecular complexity index is 1540. The monoisotopic (exact) mass is 500 g/mol. The van der Waals surface area contributed by atoms with Crippen LogP contribution in [0.2, 0.25) is 0 Å². The number of benzene rings is 3. The lowest BCUT2D eigenvalue weighted by molar-refractivity contribution is -0.393. The molecule has 37 heavy (non-hydrogen) atoms. The summed E-state index contributed by atoms with van der Waals surface area (Å²) in [6.07, 6.45) is 1.52.